The van der Waals surface area contributed by atoms with Gasteiger partial charge in [0.1, 0.15) is 17.6 Å². The molecule has 1 aromatic carbocycles. The van der Waals surface area contributed by atoms with Crippen molar-refractivity contribution >= 4 is 29.1 Å². The van der Waals surface area contributed by atoms with Crippen LogP contribution in [0.4, 0.5) is 0 Å². The molecule has 2 aromatic rings. The maximum atomic E-state index is 13.0. The van der Waals surface area contributed by atoms with Gasteiger partial charge in [0.15, 0.2) is 0 Å². The number of hydrogen-bond donors (Lipinski definition) is 1. The zero-order valence-electron chi connectivity index (χ0n) is 17.1. The normalized spacial score (nSPS) is 18.1. The standard InChI is InChI=1S/C23H25ClN2O4/c1-3-5-8-13-26-20(18-9-6-7-12-25-18)19(22(28)23(26)29)21(27)16-14-15(30-4-2)10-11-17(16)24/h6-7,9-12,14,20,27H,3-5,8,13H2,1-2H3/b21-19+. The van der Waals surface area contributed by atoms with E-state index in [2.05, 4.69) is 11.9 Å². The molecule has 1 atom stereocenters. The molecule has 7 heteroatoms. The minimum Gasteiger partial charge on any atom is -0.507 e. The summed E-state index contributed by atoms with van der Waals surface area (Å²) in [6, 6.07) is 9.37. The third-order valence-electron chi connectivity index (χ3n) is 5.01. The zero-order valence-corrected chi connectivity index (χ0v) is 17.9. The van der Waals surface area contributed by atoms with E-state index in [4.69, 9.17) is 16.3 Å². The Morgan fingerprint density at radius 2 is 2.00 bits per heavy atom. The number of unbranched alkanes of at least 4 members (excludes halogenated alkanes) is 2. The topological polar surface area (TPSA) is 79.7 Å². The Kier molecular flexibility index (Phi) is 7.11. The van der Waals surface area contributed by atoms with E-state index in [0.29, 0.717) is 24.6 Å². The van der Waals surface area contributed by atoms with Crippen LogP contribution in [0.5, 0.6) is 5.75 Å². The Morgan fingerprint density at radius 3 is 2.67 bits per heavy atom. The summed E-state index contributed by atoms with van der Waals surface area (Å²) < 4.78 is 5.49. The molecule has 0 spiro atoms. The molecule has 0 bridgehead atoms. The monoisotopic (exact) mass is 428 g/mol. The van der Waals surface area contributed by atoms with Crippen molar-refractivity contribution in [2.75, 3.05) is 13.2 Å². The summed E-state index contributed by atoms with van der Waals surface area (Å²) in [6.45, 7) is 4.76. The van der Waals surface area contributed by atoms with Crippen LogP contribution in [0.1, 0.15) is 50.4 Å². The van der Waals surface area contributed by atoms with Crippen LogP contribution in [0.3, 0.4) is 0 Å². The Morgan fingerprint density at radius 1 is 1.20 bits per heavy atom. The number of aliphatic hydroxyl groups is 1. The van der Waals surface area contributed by atoms with E-state index in [1.807, 2.05) is 6.92 Å². The number of benzene rings is 1. The Bertz CT molecular complexity index is 959. The first-order valence-corrected chi connectivity index (χ1v) is 10.5. The molecule has 0 radical (unpaired) electrons. The Labute approximate surface area is 181 Å². The molecule has 1 aromatic heterocycles. The smallest absolute Gasteiger partial charge is 0.295 e. The number of carbonyl (C=O) groups excluding carboxylic acids is 2. The van der Waals surface area contributed by atoms with Gasteiger partial charge in [-0.3, -0.25) is 14.6 Å². The summed E-state index contributed by atoms with van der Waals surface area (Å²) in [5, 5.41) is 11.4. The van der Waals surface area contributed by atoms with Crippen molar-refractivity contribution in [1.82, 2.24) is 9.88 Å². The Hall–Kier alpha value is -2.86. The second-order valence-electron chi connectivity index (χ2n) is 7.03. The lowest BCUT2D eigenvalue weighted by molar-refractivity contribution is -0.140. The molecule has 0 aliphatic carbocycles. The molecule has 6 nitrogen and oxygen atoms in total. The van der Waals surface area contributed by atoms with Gasteiger partial charge in [-0.15, -0.1) is 0 Å². The van der Waals surface area contributed by atoms with Gasteiger partial charge in [-0.05, 0) is 43.7 Å². The predicted octanol–water partition coefficient (Wildman–Crippen LogP) is 4.75. The minimum atomic E-state index is -0.769. The number of nitrogens with zero attached hydrogens (tertiary/aromatic N) is 2. The van der Waals surface area contributed by atoms with Gasteiger partial charge in [0.25, 0.3) is 11.7 Å². The predicted molar refractivity (Wildman–Crippen MR) is 115 cm³/mol. The molecule has 30 heavy (non-hydrogen) atoms. The molecular weight excluding hydrogens is 404 g/mol. The number of ether oxygens (including phenoxy) is 1. The summed E-state index contributed by atoms with van der Waals surface area (Å²) in [4.78, 5) is 31.6. The number of hydrogen-bond acceptors (Lipinski definition) is 5. The molecule has 1 aliphatic rings. The average molecular weight is 429 g/mol. The second-order valence-corrected chi connectivity index (χ2v) is 7.44. The number of carbonyl (C=O) groups is 2. The molecule has 1 aliphatic heterocycles. The van der Waals surface area contributed by atoms with Gasteiger partial charge >= 0.3 is 0 Å². The van der Waals surface area contributed by atoms with Gasteiger partial charge in [0.2, 0.25) is 0 Å². The number of likely N-dealkylation sites (tertiary alicyclic amines) is 1. The molecule has 0 saturated carbocycles. The summed E-state index contributed by atoms with van der Waals surface area (Å²) in [5.74, 6) is -1.19. The van der Waals surface area contributed by atoms with Crippen LogP contribution < -0.4 is 4.74 Å². The van der Waals surface area contributed by atoms with Gasteiger partial charge in [0.05, 0.1) is 22.9 Å². The van der Waals surface area contributed by atoms with Crippen molar-refractivity contribution in [2.45, 2.75) is 39.2 Å². The van der Waals surface area contributed by atoms with Crippen molar-refractivity contribution in [2.24, 2.45) is 0 Å². The molecular formula is C23H25ClN2O4. The third-order valence-corrected chi connectivity index (χ3v) is 5.34. The van der Waals surface area contributed by atoms with E-state index in [1.165, 1.54) is 4.90 Å². The number of halogens is 1. The van der Waals surface area contributed by atoms with E-state index < -0.39 is 17.7 Å². The van der Waals surface area contributed by atoms with E-state index in [0.717, 1.165) is 19.3 Å². The fourth-order valence-corrected chi connectivity index (χ4v) is 3.78. The Balaban J connectivity index is 2.13. The van der Waals surface area contributed by atoms with Gasteiger partial charge in [0, 0.05) is 18.3 Å². The first-order valence-electron chi connectivity index (χ1n) is 10.1. The molecule has 2 heterocycles. The fourth-order valence-electron chi connectivity index (χ4n) is 3.58. The van der Waals surface area contributed by atoms with Crippen molar-refractivity contribution < 1.29 is 19.4 Å². The molecule has 158 valence electrons. The number of ketones is 1. The lowest BCUT2D eigenvalue weighted by atomic mass is 9.98. The largest absolute Gasteiger partial charge is 0.507 e. The van der Waals surface area contributed by atoms with Gasteiger partial charge in [-0.25, -0.2) is 0 Å². The number of aliphatic hydroxyl groups excluding tert-OH is 1. The lowest BCUT2D eigenvalue weighted by Crippen LogP contribution is -2.31. The van der Waals surface area contributed by atoms with E-state index in [9.17, 15) is 14.7 Å². The van der Waals surface area contributed by atoms with Crippen LogP contribution in [-0.2, 0) is 9.59 Å². The van der Waals surface area contributed by atoms with Crippen LogP contribution in [-0.4, -0.2) is 39.8 Å². The van der Waals surface area contributed by atoms with Crippen LogP contribution >= 0.6 is 11.6 Å². The summed E-state index contributed by atoms with van der Waals surface area (Å²) in [6.07, 6.45) is 4.27. The number of rotatable bonds is 8. The summed E-state index contributed by atoms with van der Waals surface area (Å²) in [7, 11) is 0. The van der Waals surface area contributed by atoms with Gasteiger partial charge in [-0.1, -0.05) is 37.4 Å². The molecule has 1 amide bonds. The maximum absolute atomic E-state index is 13.0. The zero-order chi connectivity index (χ0) is 21.7. The highest BCUT2D eigenvalue weighted by Crippen LogP contribution is 2.40. The number of pyridine rings is 1. The summed E-state index contributed by atoms with van der Waals surface area (Å²) >= 11 is 6.31. The van der Waals surface area contributed by atoms with E-state index in [1.54, 1.807) is 42.6 Å². The highest BCUT2D eigenvalue weighted by Gasteiger charge is 2.46. The SMILES string of the molecule is CCCCCN1C(=O)C(=O)/C(=C(/O)c2cc(OCC)ccc2Cl)C1c1ccccn1. The lowest BCUT2D eigenvalue weighted by Gasteiger charge is -2.24. The first kappa shape index (κ1) is 21.8. The quantitative estimate of drug-likeness (QED) is 0.284. The average Bonchev–Trinajstić information content (AvgIpc) is 3.00. The fraction of sp³-hybridized carbons (Fsp3) is 0.348. The van der Waals surface area contributed by atoms with Crippen molar-refractivity contribution in [3.05, 3.63) is 64.4 Å². The highest BCUT2D eigenvalue weighted by molar-refractivity contribution is 6.47. The maximum Gasteiger partial charge on any atom is 0.295 e. The van der Waals surface area contributed by atoms with Crippen LogP contribution in [0.2, 0.25) is 5.02 Å². The highest BCUT2D eigenvalue weighted by atomic mass is 35.5. The van der Waals surface area contributed by atoms with Crippen molar-refractivity contribution in [3.63, 3.8) is 0 Å². The number of Topliss-reactive ketones (excluding diaryl/α,β-unsaturated/α-hetero) is 1. The molecule has 3 rings (SSSR count). The molecule has 1 fully saturated rings. The molecule has 1 N–H and O–H groups in total. The van der Waals surface area contributed by atoms with E-state index in [-0.39, 0.29) is 21.9 Å². The molecule has 1 saturated heterocycles. The van der Waals surface area contributed by atoms with E-state index >= 15 is 0 Å². The minimum absolute atomic E-state index is 0.00857. The van der Waals surface area contributed by atoms with Crippen LogP contribution in [0, 0.1) is 0 Å². The number of amides is 1. The number of aromatic nitrogens is 1. The van der Waals surface area contributed by atoms with Gasteiger partial charge < -0.3 is 14.7 Å². The van der Waals surface area contributed by atoms with Crippen LogP contribution in [0.25, 0.3) is 5.76 Å². The second kappa shape index (κ2) is 9.76. The van der Waals surface area contributed by atoms with Crippen molar-refractivity contribution in [1.29, 1.82) is 0 Å². The van der Waals surface area contributed by atoms with Gasteiger partial charge in [-0.2, -0.15) is 0 Å². The third kappa shape index (κ3) is 4.33. The van der Waals surface area contributed by atoms with Crippen LogP contribution in [0.15, 0.2) is 48.2 Å². The first-order chi connectivity index (χ1) is 14.5. The van der Waals surface area contributed by atoms with Crippen molar-refractivity contribution in [3.8, 4) is 5.75 Å². The summed E-state index contributed by atoms with van der Waals surface area (Å²) in [5.41, 5.74) is 0.757. The molecule has 1 unspecified atom stereocenters.